The predicted molar refractivity (Wildman–Crippen MR) is 61.4 cm³/mol. The van der Waals surface area contributed by atoms with Crippen molar-refractivity contribution in [1.82, 2.24) is 0 Å². The number of hydrogen-bond donors (Lipinski definition) is 0. The fourth-order valence-electron chi connectivity index (χ4n) is 2.04. The molecule has 1 aliphatic heterocycles. The Morgan fingerprint density at radius 3 is 2.46 bits per heavy atom. The van der Waals surface area contributed by atoms with Crippen molar-refractivity contribution in [2.75, 3.05) is 12.3 Å². The largest absolute Gasteiger partial charge is 0.0750 e. The molecule has 1 saturated heterocycles. The van der Waals surface area contributed by atoms with Gasteiger partial charge in [0.05, 0.1) is 0 Å². The molecule has 13 heavy (non-hydrogen) atoms. The van der Waals surface area contributed by atoms with Crippen LogP contribution in [0.25, 0.3) is 0 Å². The highest BCUT2D eigenvalue weighted by molar-refractivity contribution is 7.66. The summed E-state index contributed by atoms with van der Waals surface area (Å²) in [4.78, 5) is 0. The summed E-state index contributed by atoms with van der Waals surface area (Å²) in [6.45, 7) is 4.51. The molecule has 0 bridgehead atoms. The molecular weight excluding hydrogens is 175 g/mol. The summed E-state index contributed by atoms with van der Waals surface area (Å²) in [5.41, 5.74) is 3.02. The fourth-order valence-corrected chi connectivity index (χ4v) is 4.90. The minimum absolute atomic E-state index is 0.223. The zero-order valence-electron chi connectivity index (χ0n) is 8.51. The SMILES string of the molecule is Cc1cccc(P2CCCC2)c1C. The van der Waals surface area contributed by atoms with Crippen LogP contribution in [0.4, 0.5) is 0 Å². The van der Waals surface area contributed by atoms with Crippen molar-refractivity contribution in [1.29, 1.82) is 0 Å². The maximum Gasteiger partial charge on any atom is -0.0209 e. The Balaban J connectivity index is 2.33. The van der Waals surface area contributed by atoms with Gasteiger partial charge in [0.15, 0.2) is 0 Å². The predicted octanol–water partition coefficient (Wildman–Crippen LogP) is 3.20. The third-order valence-electron chi connectivity index (χ3n) is 3.02. The van der Waals surface area contributed by atoms with Crippen molar-refractivity contribution in [3.63, 3.8) is 0 Å². The standard InChI is InChI=1S/C12H17P/c1-10-6-5-7-12(11(10)2)13-8-3-4-9-13/h5-7H,3-4,8-9H2,1-2H3. The molecule has 0 atom stereocenters. The van der Waals surface area contributed by atoms with Gasteiger partial charge in [0, 0.05) is 0 Å². The van der Waals surface area contributed by atoms with Gasteiger partial charge in [0.2, 0.25) is 0 Å². The molecule has 1 aromatic carbocycles. The molecule has 0 aliphatic carbocycles. The van der Waals surface area contributed by atoms with Gasteiger partial charge in [-0.25, -0.2) is 0 Å². The number of rotatable bonds is 1. The summed E-state index contributed by atoms with van der Waals surface area (Å²) >= 11 is 0. The molecule has 0 saturated carbocycles. The van der Waals surface area contributed by atoms with Crippen LogP contribution in [0.5, 0.6) is 0 Å². The van der Waals surface area contributed by atoms with E-state index in [0.29, 0.717) is 0 Å². The first-order chi connectivity index (χ1) is 6.29. The van der Waals surface area contributed by atoms with Gasteiger partial charge in [-0.2, -0.15) is 0 Å². The van der Waals surface area contributed by atoms with Crippen LogP contribution in [0.2, 0.25) is 0 Å². The zero-order chi connectivity index (χ0) is 9.26. The molecule has 0 amide bonds. The van der Waals surface area contributed by atoms with Gasteiger partial charge in [0.25, 0.3) is 0 Å². The lowest BCUT2D eigenvalue weighted by atomic mass is 10.1. The number of benzene rings is 1. The Kier molecular flexibility index (Phi) is 2.69. The summed E-state index contributed by atoms with van der Waals surface area (Å²) < 4.78 is 0. The first kappa shape index (κ1) is 9.21. The molecule has 1 aliphatic rings. The minimum Gasteiger partial charge on any atom is -0.0750 e. The average Bonchev–Trinajstić information content (AvgIpc) is 2.62. The zero-order valence-corrected chi connectivity index (χ0v) is 9.40. The van der Waals surface area contributed by atoms with E-state index < -0.39 is 0 Å². The second kappa shape index (κ2) is 3.80. The van der Waals surface area contributed by atoms with Gasteiger partial charge < -0.3 is 0 Å². The summed E-state index contributed by atoms with van der Waals surface area (Å²) in [7, 11) is 0.223. The van der Waals surface area contributed by atoms with Crippen LogP contribution in [0.15, 0.2) is 18.2 Å². The van der Waals surface area contributed by atoms with E-state index >= 15 is 0 Å². The first-order valence-electron chi connectivity index (χ1n) is 5.10. The van der Waals surface area contributed by atoms with Crippen molar-refractivity contribution in [3.05, 3.63) is 29.3 Å². The van der Waals surface area contributed by atoms with E-state index in [2.05, 4.69) is 32.0 Å². The normalized spacial score (nSPS) is 18.0. The average molecular weight is 192 g/mol. The minimum atomic E-state index is 0.223. The van der Waals surface area contributed by atoms with Crippen molar-refractivity contribution >= 4 is 13.2 Å². The van der Waals surface area contributed by atoms with Crippen LogP contribution < -0.4 is 5.30 Å². The smallest absolute Gasteiger partial charge is 0.0209 e. The summed E-state index contributed by atoms with van der Waals surface area (Å²) in [6, 6.07) is 6.79. The van der Waals surface area contributed by atoms with Gasteiger partial charge in [0.1, 0.15) is 0 Å². The van der Waals surface area contributed by atoms with Crippen LogP contribution in [-0.4, -0.2) is 12.3 Å². The Morgan fingerprint density at radius 2 is 1.77 bits per heavy atom. The van der Waals surface area contributed by atoms with Crippen molar-refractivity contribution in [3.8, 4) is 0 Å². The Bertz CT molecular complexity index is 298. The Hall–Kier alpha value is -0.350. The highest BCUT2D eigenvalue weighted by Crippen LogP contribution is 2.43. The molecule has 70 valence electrons. The third kappa shape index (κ3) is 1.79. The fraction of sp³-hybridized carbons (Fsp3) is 0.500. The van der Waals surface area contributed by atoms with Crippen molar-refractivity contribution in [2.24, 2.45) is 0 Å². The van der Waals surface area contributed by atoms with Crippen molar-refractivity contribution in [2.45, 2.75) is 26.7 Å². The third-order valence-corrected chi connectivity index (χ3v) is 5.90. The maximum atomic E-state index is 2.35. The van der Waals surface area contributed by atoms with Gasteiger partial charge in [-0.3, -0.25) is 0 Å². The molecule has 0 radical (unpaired) electrons. The second-order valence-electron chi connectivity index (χ2n) is 3.91. The quantitative estimate of drug-likeness (QED) is 0.599. The van der Waals surface area contributed by atoms with E-state index in [0.717, 1.165) is 0 Å². The van der Waals surface area contributed by atoms with E-state index in [1.165, 1.54) is 30.7 Å². The summed E-state index contributed by atoms with van der Waals surface area (Å²) in [5.74, 6) is 0. The number of aryl methyl sites for hydroxylation is 1. The lowest BCUT2D eigenvalue weighted by Gasteiger charge is -2.14. The molecule has 1 aromatic rings. The van der Waals surface area contributed by atoms with Crippen LogP contribution in [0.1, 0.15) is 24.0 Å². The van der Waals surface area contributed by atoms with Crippen LogP contribution in [0, 0.1) is 13.8 Å². The van der Waals surface area contributed by atoms with Gasteiger partial charge in [-0.1, -0.05) is 26.1 Å². The molecule has 1 heteroatoms. The molecule has 0 spiro atoms. The summed E-state index contributed by atoms with van der Waals surface area (Å²) in [6.07, 6.45) is 5.86. The molecule has 0 unspecified atom stereocenters. The van der Waals surface area contributed by atoms with E-state index in [-0.39, 0.29) is 7.92 Å². The molecular formula is C12H17P. The highest BCUT2D eigenvalue weighted by atomic mass is 31.1. The van der Waals surface area contributed by atoms with Gasteiger partial charge in [-0.15, -0.1) is 0 Å². The lowest BCUT2D eigenvalue weighted by molar-refractivity contribution is 0.949. The lowest BCUT2D eigenvalue weighted by Crippen LogP contribution is -2.07. The van der Waals surface area contributed by atoms with E-state index in [9.17, 15) is 0 Å². The van der Waals surface area contributed by atoms with Crippen LogP contribution in [-0.2, 0) is 0 Å². The van der Waals surface area contributed by atoms with Gasteiger partial charge >= 0.3 is 0 Å². The van der Waals surface area contributed by atoms with E-state index in [4.69, 9.17) is 0 Å². The second-order valence-corrected chi connectivity index (χ2v) is 6.37. The highest BCUT2D eigenvalue weighted by Gasteiger charge is 2.17. The molecule has 0 N–H and O–H groups in total. The van der Waals surface area contributed by atoms with E-state index in [1.54, 1.807) is 10.9 Å². The van der Waals surface area contributed by atoms with E-state index in [1.807, 2.05) is 0 Å². The maximum absolute atomic E-state index is 2.35. The molecule has 1 fully saturated rings. The van der Waals surface area contributed by atoms with Crippen LogP contribution in [0.3, 0.4) is 0 Å². The molecule has 2 rings (SSSR count). The monoisotopic (exact) mass is 192 g/mol. The summed E-state index contributed by atoms with van der Waals surface area (Å²) in [5, 5.41) is 1.67. The topological polar surface area (TPSA) is 0 Å². The van der Waals surface area contributed by atoms with Crippen LogP contribution >= 0.6 is 7.92 Å². The Labute approximate surface area is 82.1 Å². The number of hydrogen-bond acceptors (Lipinski definition) is 0. The molecule has 0 aromatic heterocycles. The van der Waals surface area contributed by atoms with Crippen molar-refractivity contribution < 1.29 is 0 Å². The first-order valence-corrected chi connectivity index (χ1v) is 6.81. The molecule has 0 nitrogen and oxygen atoms in total. The van der Waals surface area contributed by atoms with Gasteiger partial charge in [-0.05, 0) is 55.4 Å². The molecule has 1 heterocycles. The Morgan fingerprint density at radius 1 is 1.08 bits per heavy atom.